The van der Waals surface area contributed by atoms with E-state index in [1.54, 1.807) is 18.2 Å². The summed E-state index contributed by atoms with van der Waals surface area (Å²) >= 11 is 0. The van der Waals surface area contributed by atoms with Crippen LogP contribution in [0.5, 0.6) is 0 Å². The van der Waals surface area contributed by atoms with Crippen LogP contribution in [0.15, 0.2) is 24.3 Å². The molecular formula is C11H17N3O2. The van der Waals surface area contributed by atoms with Crippen molar-refractivity contribution in [2.45, 2.75) is 25.8 Å². The Bertz CT molecular complexity index is 372. The molecule has 0 atom stereocenters. The van der Waals surface area contributed by atoms with Gasteiger partial charge in [0, 0.05) is 18.2 Å². The van der Waals surface area contributed by atoms with Gasteiger partial charge in [-0.15, -0.1) is 0 Å². The van der Waals surface area contributed by atoms with E-state index in [0.717, 1.165) is 6.42 Å². The van der Waals surface area contributed by atoms with Gasteiger partial charge in [-0.3, -0.25) is 10.1 Å². The van der Waals surface area contributed by atoms with Crippen molar-refractivity contribution in [3.63, 3.8) is 0 Å². The summed E-state index contributed by atoms with van der Waals surface area (Å²) in [5.41, 5.74) is 6.19. The van der Waals surface area contributed by atoms with Gasteiger partial charge in [-0.2, -0.15) is 0 Å². The van der Waals surface area contributed by atoms with E-state index in [-0.39, 0.29) is 11.2 Å². The van der Waals surface area contributed by atoms with Gasteiger partial charge >= 0.3 is 0 Å². The quantitative estimate of drug-likeness (QED) is 0.592. The third-order valence-corrected chi connectivity index (χ3v) is 2.19. The second kappa shape index (κ2) is 4.94. The van der Waals surface area contributed by atoms with E-state index in [9.17, 15) is 10.1 Å². The maximum Gasteiger partial charge on any atom is 0.292 e. The summed E-state index contributed by atoms with van der Waals surface area (Å²) in [6.45, 7) is 4.47. The molecule has 0 unspecified atom stereocenters. The van der Waals surface area contributed by atoms with Gasteiger partial charge in [-0.25, -0.2) is 0 Å². The van der Waals surface area contributed by atoms with Crippen molar-refractivity contribution < 1.29 is 4.92 Å². The molecule has 0 aliphatic rings. The van der Waals surface area contributed by atoms with Gasteiger partial charge in [0.1, 0.15) is 5.69 Å². The number of hydrogen-bond acceptors (Lipinski definition) is 4. The average molecular weight is 223 g/mol. The van der Waals surface area contributed by atoms with E-state index < -0.39 is 4.92 Å². The largest absolute Gasteiger partial charge is 0.379 e. The molecule has 16 heavy (non-hydrogen) atoms. The number of nitro benzene ring substituents is 1. The van der Waals surface area contributed by atoms with Crippen molar-refractivity contribution in [1.82, 2.24) is 0 Å². The van der Waals surface area contributed by atoms with Gasteiger partial charge in [0.2, 0.25) is 0 Å². The summed E-state index contributed by atoms with van der Waals surface area (Å²) in [6.07, 6.45) is 0.749. The van der Waals surface area contributed by atoms with Crippen LogP contribution >= 0.6 is 0 Å². The van der Waals surface area contributed by atoms with E-state index in [4.69, 9.17) is 5.73 Å². The molecule has 5 nitrogen and oxygen atoms in total. The second-order valence-corrected chi connectivity index (χ2v) is 4.44. The molecule has 0 aliphatic heterocycles. The first kappa shape index (κ1) is 12.4. The predicted molar refractivity (Wildman–Crippen MR) is 64.5 cm³/mol. The van der Waals surface area contributed by atoms with Crippen LogP contribution in [0.3, 0.4) is 0 Å². The Morgan fingerprint density at radius 3 is 2.62 bits per heavy atom. The molecule has 0 saturated carbocycles. The number of nitro groups is 1. The Balaban J connectivity index is 2.64. The van der Waals surface area contributed by atoms with Gasteiger partial charge in [0.05, 0.1) is 4.92 Å². The molecule has 0 radical (unpaired) electrons. The topological polar surface area (TPSA) is 81.2 Å². The number of rotatable bonds is 5. The maximum atomic E-state index is 10.7. The van der Waals surface area contributed by atoms with Crippen LogP contribution in [0.1, 0.15) is 20.3 Å². The highest BCUT2D eigenvalue weighted by Crippen LogP contribution is 2.23. The van der Waals surface area contributed by atoms with Crippen LogP contribution in [0.25, 0.3) is 0 Å². The van der Waals surface area contributed by atoms with Crippen LogP contribution in [-0.2, 0) is 0 Å². The number of benzene rings is 1. The average Bonchev–Trinajstić information content (AvgIpc) is 2.16. The van der Waals surface area contributed by atoms with E-state index in [0.29, 0.717) is 12.2 Å². The van der Waals surface area contributed by atoms with E-state index in [2.05, 4.69) is 5.32 Å². The zero-order chi connectivity index (χ0) is 12.2. The van der Waals surface area contributed by atoms with Crippen LogP contribution in [0.4, 0.5) is 11.4 Å². The third-order valence-electron chi connectivity index (χ3n) is 2.19. The Morgan fingerprint density at radius 2 is 2.06 bits per heavy atom. The van der Waals surface area contributed by atoms with Crippen LogP contribution in [0.2, 0.25) is 0 Å². The fourth-order valence-electron chi connectivity index (χ4n) is 1.30. The molecule has 0 spiro atoms. The summed E-state index contributed by atoms with van der Waals surface area (Å²) in [5.74, 6) is 0. The number of hydrogen-bond donors (Lipinski definition) is 2. The van der Waals surface area contributed by atoms with E-state index >= 15 is 0 Å². The molecule has 1 rings (SSSR count). The summed E-state index contributed by atoms with van der Waals surface area (Å²) in [5, 5.41) is 13.8. The number of anilines is 1. The molecule has 0 fully saturated rings. The fraction of sp³-hybridized carbons (Fsp3) is 0.455. The molecular weight excluding hydrogens is 206 g/mol. The number of nitrogens with one attached hydrogen (secondary N) is 1. The molecule has 88 valence electrons. The third kappa shape index (κ3) is 3.86. The van der Waals surface area contributed by atoms with Crippen molar-refractivity contribution in [2.24, 2.45) is 5.73 Å². The zero-order valence-corrected chi connectivity index (χ0v) is 9.56. The van der Waals surface area contributed by atoms with E-state index in [1.165, 1.54) is 6.07 Å². The lowest BCUT2D eigenvalue weighted by molar-refractivity contribution is -0.384. The monoisotopic (exact) mass is 223 g/mol. The SMILES string of the molecule is CC(C)(N)CCNc1ccccc1[N+](=O)[O-]. The highest BCUT2D eigenvalue weighted by atomic mass is 16.6. The van der Waals surface area contributed by atoms with Crippen LogP contribution in [-0.4, -0.2) is 17.0 Å². The van der Waals surface area contributed by atoms with Gasteiger partial charge in [0.15, 0.2) is 0 Å². The Kier molecular flexibility index (Phi) is 3.84. The molecule has 1 aromatic rings. The minimum atomic E-state index is -0.393. The Labute approximate surface area is 94.8 Å². The lowest BCUT2D eigenvalue weighted by atomic mass is 10.0. The molecule has 0 bridgehead atoms. The summed E-state index contributed by atoms with van der Waals surface area (Å²) in [6, 6.07) is 6.59. The molecule has 0 saturated heterocycles. The van der Waals surface area contributed by atoms with Crippen molar-refractivity contribution >= 4 is 11.4 Å². The first-order chi connectivity index (χ1) is 7.40. The maximum absolute atomic E-state index is 10.7. The summed E-state index contributed by atoms with van der Waals surface area (Å²) < 4.78 is 0. The molecule has 0 aliphatic carbocycles. The first-order valence-corrected chi connectivity index (χ1v) is 5.16. The van der Waals surface area contributed by atoms with Crippen molar-refractivity contribution in [1.29, 1.82) is 0 Å². The van der Waals surface area contributed by atoms with Crippen molar-refractivity contribution in [3.8, 4) is 0 Å². The second-order valence-electron chi connectivity index (χ2n) is 4.44. The van der Waals surface area contributed by atoms with Crippen molar-refractivity contribution in [2.75, 3.05) is 11.9 Å². The first-order valence-electron chi connectivity index (χ1n) is 5.16. The number of nitrogens with two attached hydrogens (primary N) is 1. The minimum absolute atomic E-state index is 0.0947. The molecule has 0 aromatic heterocycles. The van der Waals surface area contributed by atoms with Crippen LogP contribution in [0, 0.1) is 10.1 Å². The predicted octanol–water partition coefficient (Wildman–Crippen LogP) is 2.13. The Hall–Kier alpha value is -1.62. The molecule has 1 aromatic carbocycles. The lowest BCUT2D eigenvalue weighted by Gasteiger charge is -2.18. The summed E-state index contributed by atoms with van der Waals surface area (Å²) in [7, 11) is 0. The van der Waals surface area contributed by atoms with Crippen molar-refractivity contribution in [3.05, 3.63) is 34.4 Å². The molecule has 5 heteroatoms. The smallest absolute Gasteiger partial charge is 0.292 e. The van der Waals surface area contributed by atoms with Gasteiger partial charge in [-0.1, -0.05) is 12.1 Å². The fourth-order valence-corrected chi connectivity index (χ4v) is 1.30. The standard InChI is InChI=1S/C11H17N3O2/c1-11(2,12)7-8-13-9-5-3-4-6-10(9)14(15)16/h3-6,13H,7-8,12H2,1-2H3. The lowest BCUT2D eigenvalue weighted by Crippen LogP contribution is -2.34. The summed E-state index contributed by atoms with van der Waals surface area (Å²) in [4.78, 5) is 10.3. The highest BCUT2D eigenvalue weighted by Gasteiger charge is 2.13. The number of nitrogens with zero attached hydrogens (tertiary/aromatic N) is 1. The minimum Gasteiger partial charge on any atom is -0.379 e. The Morgan fingerprint density at radius 1 is 1.44 bits per heavy atom. The normalized spacial score (nSPS) is 11.2. The zero-order valence-electron chi connectivity index (χ0n) is 9.56. The van der Waals surface area contributed by atoms with Crippen LogP contribution < -0.4 is 11.1 Å². The van der Waals surface area contributed by atoms with Gasteiger partial charge in [0.25, 0.3) is 5.69 Å². The molecule has 0 amide bonds. The van der Waals surface area contributed by atoms with Gasteiger partial charge in [-0.05, 0) is 26.3 Å². The van der Waals surface area contributed by atoms with E-state index in [1.807, 2.05) is 13.8 Å². The molecule has 3 N–H and O–H groups in total. The highest BCUT2D eigenvalue weighted by molar-refractivity contribution is 5.60. The van der Waals surface area contributed by atoms with Gasteiger partial charge < -0.3 is 11.1 Å². The number of para-hydroxylation sites is 2. The molecule has 0 heterocycles.